The second-order valence-electron chi connectivity index (χ2n) is 4.69. The summed E-state index contributed by atoms with van der Waals surface area (Å²) >= 11 is 1.85. The summed E-state index contributed by atoms with van der Waals surface area (Å²) in [4.78, 5) is 1.30. The highest BCUT2D eigenvalue weighted by Gasteiger charge is 2.12. The lowest BCUT2D eigenvalue weighted by Gasteiger charge is -2.16. The molecule has 100 valence electrons. The maximum absolute atomic E-state index is 9.59. The van der Waals surface area contributed by atoms with E-state index in [1.54, 1.807) is 0 Å². The molecule has 1 nitrogen and oxygen atoms in total. The zero-order valence-corrected chi connectivity index (χ0v) is 12.1. The quantitative estimate of drug-likeness (QED) is 0.793. The van der Waals surface area contributed by atoms with Crippen LogP contribution in [0.1, 0.15) is 23.5 Å². The molecular formula is C17H20OS. The number of aliphatic hydroxyl groups excluding tert-OH is 1. The molecule has 0 bridgehead atoms. The van der Waals surface area contributed by atoms with Crippen molar-refractivity contribution in [3.8, 4) is 0 Å². The predicted octanol–water partition coefficient (Wildman–Crippen LogP) is 4.25. The van der Waals surface area contributed by atoms with Gasteiger partial charge in [-0.1, -0.05) is 42.5 Å². The predicted molar refractivity (Wildman–Crippen MR) is 82.8 cm³/mol. The Morgan fingerprint density at radius 1 is 1.00 bits per heavy atom. The number of rotatable bonds is 6. The number of aliphatic hydroxyl groups is 1. The average molecular weight is 272 g/mol. The van der Waals surface area contributed by atoms with Gasteiger partial charge in [-0.05, 0) is 42.4 Å². The molecule has 0 amide bonds. The van der Waals surface area contributed by atoms with E-state index >= 15 is 0 Å². The van der Waals surface area contributed by atoms with Crippen molar-refractivity contribution in [2.75, 3.05) is 12.4 Å². The van der Waals surface area contributed by atoms with Crippen LogP contribution >= 0.6 is 11.8 Å². The lowest BCUT2D eigenvalue weighted by atomic mass is 9.93. The van der Waals surface area contributed by atoms with Crippen molar-refractivity contribution in [2.45, 2.75) is 24.2 Å². The third-order valence-corrected chi connectivity index (χ3v) is 4.37. The molecule has 0 radical (unpaired) electrons. The lowest BCUT2D eigenvalue weighted by molar-refractivity contribution is 0.262. The average Bonchev–Trinajstić information content (AvgIpc) is 2.46. The smallest absolute Gasteiger partial charge is 0.0500 e. The van der Waals surface area contributed by atoms with Crippen molar-refractivity contribution < 1.29 is 5.11 Å². The lowest BCUT2D eigenvalue weighted by Crippen LogP contribution is -2.07. The van der Waals surface area contributed by atoms with Crippen molar-refractivity contribution in [1.82, 2.24) is 0 Å². The number of hydrogen-bond acceptors (Lipinski definition) is 2. The van der Waals surface area contributed by atoms with Gasteiger partial charge in [-0.3, -0.25) is 0 Å². The van der Waals surface area contributed by atoms with Gasteiger partial charge < -0.3 is 5.11 Å². The van der Waals surface area contributed by atoms with Gasteiger partial charge in [-0.2, -0.15) is 0 Å². The van der Waals surface area contributed by atoms with Crippen LogP contribution in [0.4, 0.5) is 0 Å². The van der Waals surface area contributed by atoms with Crippen molar-refractivity contribution in [2.24, 2.45) is 0 Å². The Hall–Kier alpha value is -1.25. The minimum absolute atomic E-state index is 0.222. The molecule has 0 aromatic heterocycles. The summed E-state index contributed by atoms with van der Waals surface area (Å²) in [7, 11) is 0. The van der Waals surface area contributed by atoms with Crippen molar-refractivity contribution >= 4 is 11.8 Å². The van der Waals surface area contributed by atoms with Gasteiger partial charge in [-0.25, -0.2) is 0 Å². The molecule has 19 heavy (non-hydrogen) atoms. The highest BCUT2D eigenvalue weighted by Crippen LogP contribution is 2.26. The molecule has 1 unspecified atom stereocenters. The molecule has 0 saturated carbocycles. The van der Waals surface area contributed by atoms with Crippen LogP contribution < -0.4 is 0 Å². The molecular weight excluding hydrogens is 252 g/mol. The Morgan fingerprint density at radius 2 is 1.68 bits per heavy atom. The number of benzene rings is 2. The summed E-state index contributed by atoms with van der Waals surface area (Å²) in [5, 5.41) is 9.59. The van der Waals surface area contributed by atoms with Gasteiger partial charge in [-0.15, -0.1) is 11.8 Å². The molecule has 0 aliphatic carbocycles. The van der Waals surface area contributed by atoms with Crippen molar-refractivity contribution in [3.63, 3.8) is 0 Å². The first-order valence-corrected chi connectivity index (χ1v) is 7.64. The van der Waals surface area contributed by atoms with E-state index in [0.717, 1.165) is 12.2 Å². The molecule has 2 aromatic rings. The van der Waals surface area contributed by atoms with E-state index in [1.165, 1.54) is 16.0 Å². The summed E-state index contributed by atoms with van der Waals surface area (Å²) in [6, 6.07) is 18.8. The van der Waals surface area contributed by atoms with Crippen LogP contribution in [0.25, 0.3) is 0 Å². The zero-order valence-electron chi connectivity index (χ0n) is 11.3. The fourth-order valence-electron chi connectivity index (χ4n) is 2.23. The van der Waals surface area contributed by atoms with Crippen molar-refractivity contribution in [3.05, 3.63) is 65.7 Å². The Labute approximate surface area is 119 Å². The largest absolute Gasteiger partial charge is 0.396 e. The minimum atomic E-state index is 0.222. The first-order chi connectivity index (χ1) is 9.31. The molecule has 2 rings (SSSR count). The van der Waals surface area contributed by atoms with Crippen LogP contribution in [-0.4, -0.2) is 17.5 Å². The summed E-state index contributed by atoms with van der Waals surface area (Å²) in [5.41, 5.74) is 2.55. The van der Waals surface area contributed by atoms with E-state index < -0.39 is 0 Å². The molecule has 0 fully saturated rings. The Bertz CT molecular complexity index is 496. The van der Waals surface area contributed by atoms with Gasteiger partial charge in [0.2, 0.25) is 0 Å². The third kappa shape index (κ3) is 4.12. The first kappa shape index (κ1) is 14.2. The number of aryl methyl sites for hydroxylation is 1. The second kappa shape index (κ2) is 7.37. The van der Waals surface area contributed by atoms with Crippen molar-refractivity contribution in [1.29, 1.82) is 0 Å². The number of thioether (sulfide) groups is 1. The van der Waals surface area contributed by atoms with Crippen LogP contribution in [-0.2, 0) is 0 Å². The van der Waals surface area contributed by atoms with Crippen LogP contribution in [0.5, 0.6) is 0 Å². The molecule has 0 aliphatic rings. The van der Waals surface area contributed by atoms with Gasteiger partial charge in [0.1, 0.15) is 0 Å². The van der Waals surface area contributed by atoms with Gasteiger partial charge >= 0.3 is 0 Å². The topological polar surface area (TPSA) is 20.2 Å². The fourth-order valence-corrected chi connectivity index (χ4v) is 3.21. The molecule has 1 N–H and O–H groups in total. The Kier molecular flexibility index (Phi) is 5.49. The van der Waals surface area contributed by atoms with E-state index in [9.17, 15) is 5.11 Å². The van der Waals surface area contributed by atoms with Gasteiger partial charge in [0.15, 0.2) is 0 Å². The maximum Gasteiger partial charge on any atom is 0.0500 e. The molecule has 0 heterocycles. The van der Waals surface area contributed by atoms with Crippen LogP contribution in [0, 0.1) is 6.92 Å². The Balaban J connectivity index is 1.92. The van der Waals surface area contributed by atoms with Crippen LogP contribution in [0.3, 0.4) is 0 Å². The minimum Gasteiger partial charge on any atom is -0.396 e. The standard InChI is InChI=1S/C17H20OS/c1-14-7-5-6-10-17(14)15(13-18)11-12-19-16-8-3-2-4-9-16/h2-10,15,18H,11-13H2,1H3. The summed E-state index contributed by atoms with van der Waals surface area (Å²) in [5.74, 6) is 1.28. The molecule has 0 saturated heterocycles. The van der Waals surface area contributed by atoms with E-state index in [0.29, 0.717) is 0 Å². The monoisotopic (exact) mass is 272 g/mol. The fraction of sp³-hybridized carbons (Fsp3) is 0.294. The SMILES string of the molecule is Cc1ccccc1C(CO)CCSc1ccccc1. The molecule has 2 heteroatoms. The summed E-state index contributed by atoms with van der Waals surface area (Å²) in [6.45, 7) is 2.34. The van der Waals surface area contributed by atoms with Crippen LogP contribution in [0.15, 0.2) is 59.5 Å². The normalized spacial score (nSPS) is 12.3. The second-order valence-corrected chi connectivity index (χ2v) is 5.85. The summed E-state index contributed by atoms with van der Waals surface area (Å²) < 4.78 is 0. The van der Waals surface area contributed by atoms with E-state index in [1.807, 2.05) is 23.9 Å². The molecule has 0 aliphatic heterocycles. The Morgan fingerprint density at radius 3 is 2.37 bits per heavy atom. The first-order valence-electron chi connectivity index (χ1n) is 6.65. The molecule has 0 spiro atoms. The maximum atomic E-state index is 9.59. The highest BCUT2D eigenvalue weighted by atomic mass is 32.2. The zero-order chi connectivity index (χ0) is 13.5. The van der Waals surface area contributed by atoms with E-state index in [4.69, 9.17) is 0 Å². The van der Waals surface area contributed by atoms with Gasteiger partial charge in [0, 0.05) is 17.4 Å². The third-order valence-electron chi connectivity index (χ3n) is 3.33. The van der Waals surface area contributed by atoms with Gasteiger partial charge in [0.25, 0.3) is 0 Å². The molecule has 2 aromatic carbocycles. The van der Waals surface area contributed by atoms with E-state index in [-0.39, 0.29) is 12.5 Å². The number of hydrogen-bond donors (Lipinski definition) is 1. The van der Waals surface area contributed by atoms with Gasteiger partial charge in [0.05, 0.1) is 0 Å². The summed E-state index contributed by atoms with van der Waals surface area (Å²) in [6.07, 6.45) is 1.00. The molecule has 1 atom stereocenters. The van der Waals surface area contributed by atoms with E-state index in [2.05, 4.69) is 49.4 Å². The van der Waals surface area contributed by atoms with Crippen LogP contribution in [0.2, 0.25) is 0 Å². The highest BCUT2D eigenvalue weighted by molar-refractivity contribution is 7.99.